The fourth-order valence-corrected chi connectivity index (χ4v) is 2.79. The van der Waals surface area contributed by atoms with Gasteiger partial charge in [-0.15, -0.1) is 10.2 Å². The molecular weight excluding hydrogens is 292 g/mol. The maximum Gasteiger partial charge on any atom is 0.246 e. The first-order chi connectivity index (χ1) is 10.1. The highest BCUT2D eigenvalue weighted by Crippen LogP contribution is 2.16. The molecule has 0 aromatic carbocycles. The third-order valence-electron chi connectivity index (χ3n) is 3.33. The predicted octanol–water partition coefficient (Wildman–Crippen LogP) is -0.251. The van der Waals surface area contributed by atoms with Gasteiger partial charge in [-0.2, -0.15) is 16.1 Å². The van der Waals surface area contributed by atoms with Gasteiger partial charge in [0.1, 0.15) is 12.6 Å². The molecule has 0 bridgehead atoms. The van der Waals surface area contributed by atoms with E-state index in [1.54, 1.807) is 18.3 Å². The van der Waals surface area contributed by atoms with Gasteiger partial charge in [0.05, 0.1) is 0 Å². The lowest BCUT2D eigenvalue weighted by Gasteiger charge is -2.32. The molecule has 2 aromatic rings. The fraction of sp³-hybridized carbons (Fsp3) is 0.417. The van der Waals surface area contributed by atoms with E-state index in [4.69, 9.17) is 0 Å². The van der Waals surface area contributed by atoms with Gasteiger partial charge in [-0.3, -0.25) is 9.59 Å². The van der Waals surface area contributed by atoms with Crippen LogP contribution in [0.4, 0.5) is 0 Å². The molecule has 3 heterocycles. The van der Waals surface area contributed by atoms with Gasteiger partial charge in [0.2, 0.25) is 17.6 Å². The van der Waals surface area contributed by atoms with Gasteiger partial charge in [0.25, 0.3) is 0 Å². The highest BCUT2D eigenvalue weighted by molar-refractivity contribution is 7.08. The van der Waals surface area contributed by atoms with Crippen LogP contribution >= 0.6 is 11.3 Å². The normalized spacial score (nSPS) is 18.6. The van der Waals surface area contributed by atoms with Crippen LogP contribution in [0.15, 0.2) is 16.8 Å². The summed E-state index contributed by atoms with van der Waals surface area (Å²) in [4.78, 5) is 26.6. The molecule has 1 aliphatic rings. The molecule has 1 aliphatic heterocycles. The number of piperazine rings is 1. The maximum absolute atomic E-state index is 12.2. The maximum atomic E-state index is 12.2. The molecule has 1 fully saturated rings. The second-order valence-corrected chi connectivity index (χ2v) is 5.49. The molecule has 1 N–H and O–H groups in total. The molecule has 0 aliphatic carbocycles. The molecule has 2 aromatic heterocycles. The summed E-state index contributed by atoms with van der Waals surface area (Å²) in [7, 11) is 0. The smallest absolute Gasteiger partial charge is 0.246 e. The van der Waals surface area contributed by atoms with Gasteiger partial charge in [-0.25, -0.2) is 0 Å². The van der Waals surface area contributed by atoms with E-state index in [9.17, 15) is 9.59 Å². The van der Waals surface area contributed by atoms with Crippen molar-refractivity contribution in [1.82, 2.24) is 30.4 Å². The van der Waals surface area contributed by atoms with Gasteiger partial charge >= 0.3 is 0 Å². The van der Waals surface area contributed by atoms with Crippen LogP contribution in [0.2, 0.25) is 0 Å². The first-order valence-electron chi connectivity index (χ1n) is 6.52. The van der Waals surface area contributed by atoms with Crippen molar-refractivity contribution in [2.24, 2.45) is 0 Å². The number of rotatable bonds is 3. The van der Waals surface area contributed by atoms with Crippen molar-refractivity contribution in [3.05, 3.63) is 16.8 Å². The number of nitrogens with one attached hydrogen (secondary N) is 1. The second kappa shape index (κ2) is 5.60. The van der Waals surface area contributed by atoms with Crippen LogP contribution in [-0.4, -0.2) is 56.1 Å². The number of carbonyl (C=O) groups excluding carboxylic acids is 2. The minimum atomic E-state index is -0.467. The Balaban J connectivity index is 1.69. The summed E-state index contributed by atoms with van der Waals surface area (Å²) < 4.78 is 0. The number of aromatic nitrogens is 4. The summed E-state index contributed by atoms with van der Waals surface area (Å²) in [5.41, 5.74) is 0.879. The molecule has 2 amide bonds. The van der Waals surface area contributed by atoms with E-state index in [1.165, 1.54) is 9.70 Å². The third-order valence-corrected chi connectivity index (χ3v) is 4.01. The molecule has 9 heteroatoms. The molecule has 21 heavy (non-hydrogen) atoms. The molecule has 1 atom stereocenters. The van der Waals surface area contributed by atoms with Crippen molar-refractivity contribution < 1.29 is 9.59 Å². The summed E-state index contributed by atoms with van der Waals surface area (Å²) >= 11 is 1.54. The average molecular weight is 306 g/mol. The number of hydrogen-bond donors (Lipinski definition) is 1. The van der Waals surface area contributed by atoms with Gasteiger partial charge < -0.3 is 10.2 Å². The average Bonchev–Trinajstić information content (AvgIpc) is 3.12. The summed E-state index contributed by atoms with van der Waals surface area (Å²) in [5, 5.41) is 18.6. The number of carbonyl (C=O) groups is 2. The van der Waals surface area contributed by atoms with Gasteiger partial charge in [-0.05, 0) is 23.6 Å². The molecule has 0 spiro atoms. The molecule has 110 valence electrons. The Labute approximate surface area is 124 Å². The lowest BCUT2D eigenvalue weighted by molar-refractivity contribution is -0.143. The Bertz CT molecular complexity index is 653. The fourth-order valence-electron chi connectivity index (χ4n) is 2.15. The number of thiophene rings is 1. The number of tetrazole rings is 1. The quantitative estimate of drug-likeness (QED) is 0.844. The van der Waals surface area contributed by atoms with E-state index in [1.807, 2.05) is 16.8 Å². The van der Waals surface area contributed by atoms with Crippen molar-refractivity contribution in [1.29, 1.82) is 0 Å². The SMILES string of the molecule is CC1C(=O)NCCN1C(=O)Cn1nnc(-c2ccsc2)n1. The largest absolute Gasteiger partial charge is 0.353 e. The van der Waals surface area contributed by atoms with Crippen LogP contribution in [-0.2, 0) is 16.1 Å². The Morgan fingerprint density at radius 1 is 1.57 bits per heavy atom. The predicted molar refractivity (Wildman–Crippen MR) is 75.3 cm³/mol. The van der Waals surface area contributed by atoms with Crippen molar-refractivity contribution >= 4 is 23.2 Å². The number of amides is 2. The second-order valence-electron chi connectivity index (χ2n) is 4.71. The van der Waals surface area contributed by atoms with Crippen LogP contribution < -0.4 is 5.32 Å². The van der Waals surface area contributed by atoms with Gasteiger partial charge in [-0.1, -0.05) is 0 Å². The van der Waals surface area contributed by atoms with Gasteiger partial charge in [0.15, 0.2) is 0 Å². The first-order valence-corrected chi connectivity index (χ1v) is 7.47. The van der Waals surface area contributed by atoms with E-state index in [2.05, 4.69) is 20.7 Å². The minimum Gasteiger partial charge on any atom is -0.353 e. The standard InChI is InChI=1S/C12H14N6O2S/c1-8-12(20)13-3-4-17(8)10(19)6-18-15-11(14-16-18)9-2-5-21-7-9/h2,5,7-8H,3-4,6H2,1H3,(H,13,20). The Kier molecular flexibility index (Phi) is 3.65. The van der Waals surface area contributed by atoms with E-state index < -0.39 is 6.04 Å². The summed E-state index contributed by atoms with van der Waals surface area (Å²) in [5.74, 6) is 0.167. The molecule has 1 saturated heterocycles. The molecule has 0 saturated carbocycles. The minimum absolute atomic E-state index is 0.0191. The lowest BCUT2D eigenvalue weighted by atomic mass is 10.2. The summed E-state index contributed by atoms with van der Waals surface area (Å²) in [6.45, 7) is 2.66. The van der Waals surface area contributed by atoms with Gasteiger partial charge in [0, 0.05) is 24.0 Å². The van der Waals surface area contributed by atoms with Crippen LogP contribution in [0.1, 0.15) is 6.92 Å². The van der Waals surface area contributed by atoms with E-state index in [-0.39, 0.29) is 18.4 Å². The third kappa shape index (κ3) is 2.77. The van der Waals surface area contributed by atoms with Crippen LogP contribution in [0.5, 0.6) is 0 Å². The van der Waals surface area contributed by atoms with Crippen molar-refractivity contribution in [3.63, 3.8) is 0 Å². The van der Waals surface area contributed by atoms with E-state index in [0.29, 0.717) is 18.9 Å². The van der Waals surface area contributed by atoms with Crippen LogP contribution in [0, 0.1) is 0 Å². The Morgan fingerprint density at radius 2 is 2.43 bits per heavy atom. The molecule has 8 nitrogen and oxygen atoms in total. The monoisotopic (exact) mass is 306 g/mol. The topological polar surface area (TPSA) is 93.0 Å². The Hall–Kier alpha value is -2.29. The summed E-state index contributed by atoms with van der Waals surface area (Å²) in [6.07, 6.45) is 0. The van der Waals surface area contributed by atoms with Crippen LogP contribution in [0.3, 0.4) is 0 Å². The zero-order valence-electron chi connectivity index (χ0n) is 11.4. The molecule has 3 rings (SSSR count). The first kappa shape index (κ1) is 13.7. The summed E-state index contributed by atoms with van der Waals surface area (Å²) in [6, 6.07) is 1.43. The van der Waals surface area contributed by atoms with Crippen molar-refractivity contribution in [2.75, 3.05) is 13.1 Å². The molecular formula is C12H14N6O2S. The highest BCUT2D eigenvalue weighted by Gasteiger charge is 2.29. The molecule has 1 unspecified atom stereocenters. The van der Waals surface area contributed by atoms with E-state index >= 15 is 0 Å². The number of nitrogens with zero attached hydrogens (tertiary/aromatic N) is 5. The highest BCUT2D eigenvalue weighted by atomic mass is 32.1. The van der Waals surface area contributed by atoms with Crippen molar-refractivity contribution in [2.45, 2.75) is 19.5 Å². The number of hydrogen-bond acceptors (Lipinski definition) is 6. The van der Waals surface area contributed by atoms with Crippen molar-refractivity contribution in [3.8, 4) is 11.4 Å². The molecule has 0 radical (unpaired) electrons. The zero-order chi connectivity index (χ0) is 14.8. The van der Waals surface area contributed by atoms with Crippen LogP contribution in [0.25, 0.3) is 11.4 Å². The van der Waals surface area contributed by atoms with E-state index in [0.717, 1.165) is 5.56 Å². The zero-order valence-corrected chi connectivity index (χ0v) is 12.2. The Morgan fingerprint density at radius 3 is 3.19 bits per heavy atom. The lowest BCUT2D eigenvalue weighted by Crippen LogP contribution is -2.56.